The Balaban J connectivity index is 1.75. The number of aryl methyl sites for hydroxylation is 1. The average molecular weight is 344 g/mol. The van der Waals surface area contributed by atoms with E-state index in [0.29, 0.717) is 25.2 Å². The smallest absolute Gasteiger partial charge is 0.306 e. The van der Waals surface area contributed by atoms with Gasteiger partial charge in [0, 0.05) is 24.0 Å². The van der Waals surface area contributed by atoms with Crippen LogP contribution in [0.15, 0.2) is 29.6 Å². The van der Waals surface area contributed by atoms with Gasteiger partial charge in [-0.3, -0.25) is 9.59 Å². The van der Waals surface area contributed by atoms with Crippen LogP contribution in [0.25, 0.3) is 10.6 Å². The van der Waals surface area contributed by atoms with Gasteiger partial charge in [0.25, 0.3) is 5.91 Å². The van der Waals surface area contributed by atoms with E-state index in [2.05, 4.69) is 4.98 Å². The number of benzene rings is 1. The summed E-state index contributed by atoms with van der Waals surface area (Å²) in [4.78, 5) is 30.1. The van der Waals surface area contributed by atoms with Crippen molar-refractivity contribution in [2.75, 3.05) is 13.1 Å². The van der Waals surface area contributed by atoms with E-state index in [4.69, 9.17) is 0 Å². The number of hydrogen-bond donors (Lipinski definition) is 1. The van der Waals surface area contributed by atoms with E-state index in [9.17, 15) is 14.7 Å². The predicted molar refractivity (Wildman–Crippen MR) is 93.1 cm³/mol. The van der Waals surface area contributed by atoms with E-state index in [-0.39, 0.29) is 17.7 Å². The molecule has 3 rings (SSSR count). The molecule has 126 valence electrons. The summed E-state index contributed by atoms with van der Waals surface area (Å²) < 4.78 is 0. The molecule has 1 aliphatic rings. The van der Waals surface area contributed by atoms with Gasteiger partial charge in [0.15, 0.2) is 0 Å². The Morgan fingerprint density at radius 2 is 2.08 bits per heavy atom. The van der Waals surface area contributed by atoms with E-state index in [1.54, 1.807) is 10.3 Å². The fraction of sp³-hybridized carbons (Fsp3) is 0.389. The van der Waals surface area contributed by atoms with Crippen molar-refractivity contribution in [2.45, 2.75) is 20.3 Å². The van der Waals surface area contributed by atoms with Gasteiger partial charge >= 0.3 is 5.97 Å². The zero-order chi connectivity index (χ0) is 17.3. The van der Waals surface area contributed by atoms with Crippen molar-refractivity contribution in [2.24, 2.45) is 11.8 Å². The van der Waals surface area contributed by atoms with E-state index >= 15 is 0 Å². The van der Waals surface area contributed by atoms with Crippen molar-refractivity contribution < 1.29 is 14.7 Å². The van der Waals surface area contributed by atoms with Gasteiger partial charge in [0.1, 0.15) is 10.7 Å². The van der Waals surface area contributed by atoms with Crippen LogP contribution in [0, 0.1) is 18.8 Å². The lowest BCUT2D eigenvalue weighted by Crippen LogP contribution is -2.45. The fourth-order valence-corrected chi connectivity index (χ4v) is 4.05. The minimum atomic E-state index is -0.773. The number of hydrogen-bond acceptors (Lipinski definition) is 4. The molecule has 1 amide bonds. The number of carboxylic acid groups (broad SMARTS) is 1. The minimum absolute atomic E-state index is 0.0466. The number of rotatable bonds is 3. The van der Waals surface area contributed by atoms with Crippen molar-refractivity contribution in [3.8, 4) is 10.6 Å². The third-order valence-electron chi connectivity index (χ3n) is 4.61. The normalized spacial score (nSPS) is 20.8. The third-order valence-corrected chi connectivity index (χ3v) is 5.48. The highest BCUT2D eigenvalue weighted by atomic mass is 32.1. The van der Waals surface area contributed by atoms with Crippen LogP contribution < -0.4 is 0 Å². The molecule has 0 radical (unpaired) electrons. The molecule has 2 aromatic rings. The molecule has 1 N–H and O–H groups in total. The maximum Gasteiger partial charge on any atom is 0.306 e. The highest BCUT2D eigenvalue weighted by Gasteiger charge is 2.33. The van der Waals surface area contributed by atoms with E-state index in [1.807, 2.05) is 38.1 Å². The van der Waals surface area contributed by atoms with Gasteiger partial charge < -0.3 is 10.0 Å². The Morgan fingerprint density at radius 3 is 2.75 bits per heavy atom. The first-order chi connectivity index (χ1) is 11.5. The summed E-state index contributed by atoms with van der Waals surface area (Å²) in [5.41, 5.74) is 2.61. The molecule has 1 aromatic carbocycles. The molecule has 1 saturated heterocycles. The minimum Gasteiger partial charge on any atom is -0.481 e. The van der Waals surface area contributed by atoms with Gasteiger partial charge in [-0.2, -0.15) is 0 Å². The molecule has 2 heterocycles. The number of carbonyl (C=O) groups is 2. The van der Waals surface area contributed by atoms with Crippen molar-refractivity contribution in [1.82, 2.24) is 9.88 Å². The van der Waals surface area contributed by atoms with Crippen LogP contribution in [0.4, 0.5) is 0 Å². The molecular formula is C18H20N2O3S. The molecule has 5 nitrogen and oxygen atoms in total. The first kappa shape index (κ1) is 16.6. The fourth-order valence-electron chi connectivity index (χ4n) is 3.17. The maximum atomic E-state index is 12.7. The first-order valence-electron chi connectivity index (χ1n) is 8.01. The summed E-state index contributed by atoms with van der Waals surface area (Å²) in [6.45, 7) is 4.85. The second-order valence-corrected chi connectivity index (χ2v) is 7.17. The number of amides is 1. The van der Waals surface area contributed by atoms with Gasteiger partial charge in [0.2, 0.25) is 0 Å². The molecular weight excluding hydrogens is 324 g/mol. The number of likely N-dealkylation sites (tertiary alicyclic amines) is 1. The SMILES string of the molecule is Cc1ccccc1-c1nc(C(=O)N2CCC(C(=O)O)C(C)C2)cs1. The van der Waals surface area contributed by atoms with Gasteiger partial charge in [-0.1, -0.05) is 31.2 Å². The van der Waals surface area contributed by atoms with Gasteiger partial charge in [0.05, 0.1) is 5.92 Å². The molecule has 0 aliphatic carbocycles. The lowest BCUT2D eigenvalue weighted by molar-refractivity contribution is -0.145. The summed E-state index contributed by atoms with van der Waals surface area (Å²) in [7, 11) is 0. The van der Waals surface area contributed by atoms with Gasteiger partial charge in [-0.15, -0.1) is 11.3 Å². The zero-order valence-electron chi connectivity index (χ0n) is 13.7. The molecule has 2 atom stereocenters. The van der Waals surface area contributed by atoms with Crippen LogP contribution in [0.2, 0.25) is 0 Å². The van der Waals surface area contributed by atoms with Crippen molar-refractivity contribution in [1.29, 1.82) is 0 Å². The second kappa shape index (κ2) is 6.73. The van der Waals surface area contributed by atoms with Gasteiger partial charge in [-0.05, 0) is 24.8 Å². The molecule has 2 unspecified atom stereocenters. The Labute approximate surface area is 145 Å². The third kappa shape index (κ3) is 3.19. The molecule has 1 fully saturated rings. The average Bonchev–Trinajstić information content (AvgIpc) is 3.03. The van der Waals surface area contributed by atoms with E-state index in [1.165, 1.54) is 11.3 Å². The summed E-state index contributed by atoms with van der Waals surface area (Å²) in [6, 6.07) is 7.97. The predicted octanol–water partition coefficient (Wildman–Crippen LogP) is 3.30. The Morgan fingerprint density at radius 1 is 1.33 bits per heavy atom. The van der Waals surface area contributed by atoms with E-state index < -0.39 is 5.97 Å². The molecule has 0 spiro atoms. The molecule has 0 saturated carbocycles. The van der Waals surface area contributed by atoms with Crippen LogP contribution in [-0.4, -0.2) is 40.0 Å². The van der Waals surface area contributed by atoms with E-state index in [0.717, 1.165) is 16.1 Å². The maximum absolute atomic E-state index is 12.7. The molecule has 0 bridgehead atoms. The number of aliphatic carboxylic acids is 1. The highest BCUT2D eigenvalue weighted by Crippen LogP contribution is 2.29. The molecule has 24 heavy (non-hydrogen) atoms. The number of aromatic nitrogens is 1. The standard InChI is InChI=1S/C18H20N2O3S/c1-11-5-3-4-6-13(11)16-19-15(10-24-16)17(21)20-8-7-14(18(22)23)12(2)9-20/h3-6,10,12,14H,7-9H2,1-2H3,(H,22,23). The quantitative estimate of drug-likeness (QED) is 0.927. The van der Waals surface area contributed by atoms with Crippen LogP contribution in [0.1, 0.15) is 29.4 Å². The molecule has 6 heteroatoms. The van der Waals surface area contributed by atoms with Crippen molar-refractivity contribution in [3.63, 3.8) is 0 Å². The van der Waals surface area contributed by atoms with Gasteiger partial charge in [-0.25, -0.2) is 4.98 Å². The first-order valence-corrected chi connectivity index (χ1v) is 8.89. The summed E-state index contributed by atoms with van der Waals surface area (Å²) >= 11 is 1.46. The zero-order valence-corrected chi connectivity index (χ0v) is 14.5. The van der Waals surface area contributed by atoms with Crippen LogP contribution >= 0.6 is 11.3 Å². The Bertz CT molecular complexity index is 771. The monoisotopic (exact) mass is 344 g/mol. The summed E-state index contributed by atoms with van der Waals surface area (Å²) in [5.74, 6) is -1.30. The Hall–Kier alpha value is -2.21. The summed E-state index contributed by atoms with van der Waals surface area (Å²) in [5, 5.41) is 11.8. The van der Waals surface area contributed by atoms with Crippen LogP contribution in [0.3, 0.4) is 0 Å². The molecule has 1 aromatic heterocycles. The number of thiazole rings is 1. The Kier molecular flexibility index (Phi) is 4.66. The highest BCUT2D eigenvalue weighted by molar-refractivity contribution is 7.13. The van der Waals surface area contributed by atoms with Crippen LogP contribution in [-0.2, 0) is 4.79 Å². The lowest BCUT2D eigenvalue weighted by atomic mass is 9.87. The number of carboxylic acids is 1. The number of piperidine rings is 1. The second-order valence-electron chi connectivity index (χ2n) is 6.31. The van der Waals surface area contributed by atoms with Crippen molar-refractivity contribution in [3.05, 3.63) is 40.9 Å². The van der Waals surface area contributed by atoms with Crippen LogP contribution in [0.5, 0.6) is 0 Å². The number of nitrogens with zero attached hydrogens (tertiary/aromatic N) is 2. The molecule has 1 aliphatic heterocycles. The lowest BCUT2D eigenvalue weighted by Gasteiger charge is -2.34. The topological polar surface area (TPSA) is 70.5 Å². The number of carbonyl (C=O) groups excluding carboxylic acids is 1. The van der Waals surface area contributed by atoms with Crippen molar-refractivity contribution >= 4 is 23.2 Å². The largest absolute Gasteiger partial charge is 0.481 e. The summed E-state index contributed by atoms with van der Waals surface area (Å²) in [6.07, 6.45) is 0.497.